The molecule has 1 aromatic rings. The second-order valence-corrected chi connectivity index (χ2v) is 7.16. The first-order valence-electron chi connectivity index (χ1n) is 7.42. The number of nitro benzene ring substituents is 1. The number of nitrogens with zero attached hydrogens (tertiary/aromatic N) is 2. The van der Waals surface area contributed by atoms with E-state index in [-0.39, 0.29) is 0 Å². The lowest BCUT2D eigenvalue weighted by molar-refractivity contribution is -0.387. The van der Waals surface area contributed by atoms with Crippen molar-refractivity contribution in [2.24, 2.45) is 0 Å². The van der Waals surface area contributed by atoms with E-state index in [0.717, 1.165) is 18.2 Å². The van der Waals surface area contributed by atoms with Gasteiger partial charge in [-0.25, -0.2) is 9.59 Å². The van der Waals surface area contributed by atoms with Crippen LogP contribution in [-0.2, 0) is 9.47 Å². The summed E-state index contributed by atoms with van der Waals surface area (Å²) in [5.41, 5.74) is -3.46. The second kappa shape index (κ2) is 7.04. The number of rotatable bonds is 2. The average Bonchev–Trinajstić information content (AvgIpc) is 2.36. The van der Waals surface area contributed by atoms with Gasteiger partial charge in [-0.1, -0.05) is 6.07 Å². The van der Waals surface area contributed by atoms with Gasteiger partial charge in [0.15, 0.2) is 0 Å². The zero-order valence-electron chi connectivity index (χ0n) is 15.0. The Morgan fingerprint density at radius 1 is 1.04 bits per heavy atom. The van der Waals surface area contributed by atoms with Crippen LogP contribution in [0.1, 0.15) is 41.5 Å². The number of hydrogen-bond acceptors (Lipinski definition) is 6. The summed E-state index contributed by atoms with van der Waals surface area (Å²) in [5.74, 6) is -1.34. The molecule has 0 N–H and O–H groups in total. The molecule has 0 spiro atoms. The lowest BCUT2D eigenvalue weighted by Gasteiger charge is -2.28. The first-order valence-corrected chi connectivity index (χ1v) is 7.42. The molecular formula is C16H21FN2O6. The van der Waals surface area contributed by atoms with E-state index in [1.54, 1.807) is 41.5 Å². The largest absolute Gasteiger partial charge is 0.443 e. The third kappa shape index (κ3) is 5.70. The molecule has 0 unspecified atom stereocenters. The Bertz CT molecular complexity index is 663. The summed E-state index contributed by atoms with van der Waals surface area (Å²) in [4.78, 5) is 35.0. The third-order valence-corrected chi connectivity index (χ3v) is 2.55. The summed E-state index contributed by atoms with van der Waals surface area (Å²) in [6.45, 7) is 9.35. The lowest BCUT2D eigenvalue weighted by atomic mass is 10.2. The molecule has 1 rings (SSSR count). The number of hydrogen-bond donors (Lipinski definition) is 0. The molecule has 0 heterocycles. The van der Waals surface area contributed by atoms with Crippen LogP contribution in [0.5, 0.6) is 0 Å². The Hall–Kier alpha value is -2.71. The van der Waals surface area contributed by atoms with Crippen molar-refractivity contribution in [1.82, 2.24) is 0 Å². The van der Waals surface area contributed by atoms with Crippen LogP contribution >= 0.6 is 0 Å². The summed E-state index contributed by atoms with van der Waals surface area (Å²) in [7, 11) is 0. The number of nitro groups is 1. The minimum atomic E-state index is -1.34. The van der Waals surface area contributed by atoms with E-state index in [1.165, 1.54) is 0 Å². The standard InChI is InChI=1S/C16H21FN2O6/c1-15(2,3)24-13(20)18(14(21)25-16(4,5)6)10-8-7-9-11(12(10)17)19(22)23/h7-9H,1-6H3. The van der Waals surface area contributed by atoms with Crippen molar-refractivity contribution >= 4 is 23.6 Å². The number of benzene rings is 1. The van der Waals surface area contributed by atoms with E-state index >= 15 is 0 Å². The maximum absolute atomic E-state index is 14.5. The summed E-state index contributed by atoms with van der Waals surface area (Å²) < 4.78 is 24.7. The van der Waals surface area contributed by atoms with Crippen LogP contribution in [0.2, 0.25) is 0 Å². The smallest absolute Gasteiger partial charge is 0.424 e. The van der Waals surface area contributed by atoms with Gasteiger partial charge in [-0.15, -0.1) is 0 Å². The molecule has 0 saturated carbocycles. The predicted octanol–water partition coefficient (Wildman–Crippen LogP) is 4.41. The van der Waals surface area contributed by atoms with Gasteiger partial charge < -0.3 is 9.47 Å². The molecule has 0 radical (unpaired) electrons. The number of ether oxygens (including phenoxy) is 2. The number of carbonyl (C=O) groups excluding carboxylic acids is 2. The average molecular weight is 356 g/mol. The second-order valence-electron chi connectivity index (χ2n) is 7.16. The van der Waals surface area contributed by atoms with Crippen molar-refractivity contribution in [3.8, 4) is 0 Å². The highest BCUT2D eigenvalue weighted by molar-refractivity contribution is 6.09. The lowest BCUT2D eigenvalue weighted by Crippen LogP contribution is -2.44. The molecular weight excluding hydrogens is 335 g/mol. The van der Waals surface area contributed by atoms with Gasteiger partial charge in [0.05, 0.1) is 4.92 Å². The molecule has 138 valence electrons. The first kappa shape index (κ1) is 20.3. The molecule has 25 heavy (non-hydrogen) atoms. The SMILES string of the molecule is CC(C)(C)OC(=O)N(C(=O)OC(C)(C)C)c1cccc([N+](=O)[O-])c1F. The van der Waals surface area contributed by atoms with Gasteiger partial charge in [-0.2, -0.15) is 9.29 Å². The molecule has 0 bridgehead atoms. The number of amides is 2. The molecule has 0 aliphatic rings. The van der Waals surface area contributed by atoms with Crippen LogP contribution in [0.3, 0.4) is 0 Å². The van der Waals surface area contributed by atoms with Crippen LogP contribution in [0, 0.1) is 15.9 Å². The molecule has 9 heteroatoms. The number of carbonyl (C=O) groups is 2. The van der Waals surface area contributed by atoms with Crippen molar-refractivity contribution in [1.29, 1.82) is 0 Å². The normalized spacial score (nSPS) is 11.6. The van der Waals surface area contributed by atoms with Crippen molar-refractivity contribution in [2.75, 3.05) is 4.90 Å². The summed E-state index contributed by atoms with van der Waals surface area (Å²) in [6, 6.07) is 3.12. The molecule has 0 aromatic heterocycles. The molecule has 0 saturated heterocycles. The summed E-state index contributed by atoms with van der Waals surface area (Å²) in [5, 5.41) is 10.9. The maximum atomic E-state index is 14.5. The Balaban J connectivity index is 3.42. The fourth-order valence-electron chi connectivity index (χ4n) is 1.71. The first-order chi connectivity index (χ1) is 11.2. The Morgan fingerprint density at radius 3 is 1.84 bits per heavy atom. The van der Waals surface area contributed by atoms with Crippen LogP contribution in [0.25, 0.3) is 0 Å². The zero-order valence-corrected chi connectivity index (χ0v) is 15.0. The van der Waals surface area contributed by atoms with E-state index in [4.69, 9.17) is 9.47 Å². The molecule has 0 aliphatic heterocycles. The fraction of sp³-hybridized carbons (Fsp3) is 0.500. The van der Waals surface area contributed by atoms with E-state index in [2.05, 4.69) is 0 Å². The van der Waals surface area contributed by atoms with Crippen LogP contribution in [0.4, 0.5) is 25.4 Å². The third-order valence-electron chi connectivity index (χ3n) is 2.55. The van der Waals surface area contributed by atoms with Crippen LogP contribution in [-0.4, -0.2) is 28.3 Å². The van der Waals surface area contributed by atoms with Crippen molar-refractivity contribution in [2.45, 2.75) is 52.7 Å². The van der Waals surface area contributed by atoms with Gasteiger partial charge in [-0.05, 0) is 47.6 Å². The number of halogens is 1. The summed E-state index contributed by atoms with van der Waals surface area (Å²) >= 11 is 0. The van der Waals surface area contributed by atoms with Gasteiger partial charge in [0.2, 0.25) is 5.82 Å². The van der Waals surface area contributed by atoms with E-state index in [9.17, 15) is 24.1 Å². The number of imide groups is 1. The minimum Gasteiger partial charge on any atom is -0.443 e. The molecule has 0 atom stereocenters. The quantitative estimate of drug-likeness (QED) is 0.575. The van der Waals surface area contributed by atoms with Gasteiger partial charge in [0.1, 0.15) is 16.9 Å². The highest BCUT2D eigenvalue weighted by Gasteiger charge is 2.36. The Morgan fingerprint density at radius 2 is 1.48 bits per heavy atom. The van der Waals surface area contributed by atoms with Gasteiger partial charge in [-0.3, -0.25) is 10.1 Å². The van der Waals surface area contributed by atoms with Crippen LogP contribution in [0.15, 0.2) is 18.2 Å². The van der Waals surface area contributed by atoms with Crippen molar-refractivity contribution < 1.29 is 28.4 Å². The fourth-order valence-corrected chi connectivity index (χ4v) is 1.71. The van der Waals surface area contributed by atoms with E-state index in [0.29, 0.717) is 4.90 Å². The molecule has 2 amide bonds. The molecule has 0 aliphatic carbocycles. The summed E-state index contributed by atoms with van der Waals surface area (Å²) in [6.07, 6.45) is -2.41. The van der Waals surface area contributed by atoms with Crippen molar-refractivity contribution in [3.05, 3.63) is 34.1 Å². The molecule has 1 aromatic carbocycles. The van der Waals surface area contributed by atoms with Gasteiger partial charge in [0, 0.05) is 6.07 Å². The molecule has 8 nitrogen and oxygen atoms in total. The highest BCUT2D eigenvalue weighted by Crippen LogP contribution is 2.29. The zero-order chi connectivity index (χ0) is 19.6. The number of anilines is 1. The van der Waals surface area contributed by atoms with E-state index in [1.807, 2.05) is 0 Å². The minimum absolute atomic E-state index is 0.304. The van der Waals surface area contributed by atoms with E-state index < -0.39 is 45.5 Å². The molecule has 0 fully saturated rings. The predicted molar refractivity (Wildman–Crippen MR) is 88.0 cm³/mol. The van der Waals surface area contributed by atoms with Crippen molar-refractivity contribution in [3.63, 3.8) is 0 Å². The Labute approximate surface area is 144 Å². The van der Waals surface area contributed by atoms with Gasteiger partial charge in [0.25, 0.3) is 0 Å². The monoisotopic (exact) mass is 356 g/mol. The highest BCUT2D eigenvalue weighted by atomic mass is 19.1. The van der Waals surface area contributed by atoms with Crippen LogP contribution < -0.4 is 4.90 Å². The van der Waals surface area contributed by atoms with Gasteiger partial charge >= 0.3 is 17.9 Å². The topological polar surface area (TPSA) is 99.0 Å². The maximum Gasteiger partial charge on any atom is 0.424 e. The Kier molecular flexibility index (Phi) is 5.72.